The van der Waals surface area contributed by atoms with E-state index in [1.54, 1.807) is 0 Å². The number of carbonyl (C=O) groups is 1. The predicted molar refractivity (Wildman–Crippen MR) is 58.3 cm³/mol. The Morgan fingerprint density at radius 2 is 2.06 bits per heavy atom. The molecule has 18 heavy (non-hydrogen) atoms. The van der Waals surface area contributed by atoms with Crippen LogP contribution in [0.1, 0.15) is 23.6 Å². The lowest BCUT2D eigenvalue weighted by molar-refractivity contribution is -0.137. The summed E-state index contributed by atoms with van der Waals surface area (Å²) in [5, 5.41) is 2.44. The largest absolute Gasteiger partial charge is 0.449 e. The molecule has 1 N–H and O–H groups in total. The zero-order valence-corrected chi connectivity index (χ0v) is 9.81. The summed E-state index contributed by atoms with van der Waals surface area (Å²) in [6.45, 7) is 0.171. The van der Waals surface area contributed by atoms with Gasteiger partial charge in [0, 0.05) is 11.4 Å². The molecule has 0 aromatic heterocycles. The topological polar surface area (TPSA) is 38.3 Å². The minimum atomic E-state index is -4.46. The van der Waals surface area contributed by atoms with Crippen molar-refractivity contribution in [1.29, 1.82) is 0 Å². The van der Waals surface area contributed by atoms with Gasteiger partial charge in [0.05, 0.1) is 18.2 Å². The molecule has 2 rings (SSSR count). The molecule has 1 aromatic rings. The average Bonchev–Trinajstić information content (AvgIpc) is 2.27. The van der Waals surface area contributed by atoms with Gasteiger partial charge in [-0.25, -0.2) is 4.79 Å². The van der Waals surface area contributed by atoms with Gasteiger partial charge in [-0.05, 0) is 23.8 Å². The zero-order valence-electron chi connectivity index (χ0n) is 9.05. The van der Waals surface area contributed by atoms with Gasteiger partial charge in [-0.15, -0.1) is 0 Å². The average molecular weight is 280 g/mol. The fourth-order valence-electron chi connectivity index (χ4n) is 1.75. The number of rotatable bonds is 1. The van der Waals surface area contributed by atoms with Crippen LogP contribution in [0.4, 0.5) is 18.0 Å². The maximum Gasteiger partial charge on any atom is 0.416 e. The van der Waals surface area contributed by atoms with Crippen LogP contribution in [0.2, 0.25) is 5.02 Å². The first-order chi connectivity index (χ1) is 8.36. The van der Waals surface area contributed by atoms with Crippen LogP contribution in [0.25, 0.3) is 0 Å². The van der Waals surface area contributed by atoms with Crippen LogP contribution in [0.15, 0.2) is 18.2 Å². The van der Waals surface area contributed by atoms with E-state index >= 15 is 0 Å². The molecule has 1 aliphatic heterocycles. The Kier molecular flexibility index (Phi) is 3.38. The predicted octanol–water partition coefficient (Wildman–Crippen LogP) is 3.53. The van der Waals surface area contributed by atoms with E-state index in [4.69, 9.17) is 11.6 Å². The standard InChI is InChI=1S/C11H9ClF3NO2/c12-8-4-6(3-7(5-8)11(13,14)15)9-1-2-18-10(17)16-9/h3-5,9H,1-2H2,(H,16,17)/t9-/m0/s1. The quantitative estimate of drug-likeness (QED) is 0.854. The van der Waals surface area contributed by atoms with Gasteiger partial charge in [0.25, 0.3) is 0 Å². The molecule has 0 unspecified atom stereocenters. The van der Waals surface area contributed by atoms with Gasteiger partial charge in [0.1, 0.15) is 0 Å². The number of amides is 1. The highest BCUT2D eigenvalue weighted by atomic mass is 35.5. The highest BCUT2D eigenvalue weighted by Gasteiger charge is 2.32. The Morgan fingerprint density at radius 1 is 1.33 bits per heavy atom. The van der Waals surface area contributed by atoms with Gasteiger partial charge in [-0.2, -0.15) is 13.2 Å². The van der Waals surface area contributed by atoms with Crippen LogP contribution in [0.5, 0.6) is 0 Å². The second kappa shape index (κ2) is 4.68. The smallest absolute Gasteiger partial charge is 0.416 e. The monoisotopic (exact) mass is 279 g/mol. The molecule has 1 saturated heterocycles. The molecule has 0 saturated carbocycles. The molecule has 7 heteroatoms. The fraction of sp³-hybridized carbons (Fsp3) is 0.364. The number of alkyl halides is 3. The van der Waals surface area contributed by atoms with E-state index in [0.29, 0.717) is 12.0 Å². The number of benzene rings is 1. The summed E-state index contributed by atoms with van der Waals surface area (Å²) in [6, 6.07) is 2.74. The second-order valence-electron chi connectivity index (χ2n) is 3.89. The third-order valence-corrected chi connectivity index (χ3v) is 2.80. The first-order valence-corrected chi connectivity index (χ1v) is 5.55. The van der Waals surface area contributed by atoms with Crippen molar-refractivity contribution < 1.29 is 22.7 Å². The number of carbonyl (C=O) groups excluding carboxylic acids is 1. The Hall–Kier alpha value is -1.43. The minimum absolute atomic E-state index is 0.0134. The maximum atomic E-state index is 12.6. The van der Waals surface area contributed by atoms with E-state index in [1.807, 2.05) is 0 Å². The van der Waals surface area contributed by atoms with Gasteiger partial charge in [-0.3, -0.25) is 0 Å². The lowest BCUT2D eigenvalue weighted by Gasteiger charge is -2.24. The first-order valence-electron chi connectivity index (χ1n) is 5.17. The molecule has 0 radical (unpaired) electrons. The van der Waals surface area contributed by atoms with Crippen molar-refractivity contribution in [2.75, 3.05) is 6.61 Å². The van der Waals surface area contributed by atoms with Crippen molar-refractivity contribution in [3.63, 3.8) is 0 Å². The molecule has 0 spiro atoms. The van der Waals surface area contributed by atoms with Crippen molar-refractivity contribution in [3.8, 4) is 0 Å². The van der Waals surface area contributed by atoms with Crippen LogP contribution in [-0.4, -0.2) is 12.7 Å². The Balaban J connectivity index is 2.33. The first kappa shape index (κ1) is 13.0. The van der Waals surface area contributed by atoms with Gasteiger partial charge < -0.3 is 10.1 Å². The maximum absolute atomic E-state index is 12.6. The van der Waals surface area contributed by atoms with E-state index in [9.17, 15) is 18.0 Å². The Morgan fingerprint density at radius 3 is 2.67 bits per heavy atom. The molecule has 1 heterocycles. The van der Waals surface area contributed by atoms with Crippen molar-refractivity contribution >= 4 is 17.7 Å². The third-order valence-electron chi connectivity index (χ3n) is 2.58. The highest BCUT2D eigenvalue weighted by molar-refractivity contribution is 6.30. The third kappa shape index (κ3) is 2.87. The van der Waals surface area contributed by atoms with E-state index in [1.165, 1.54) is 6.07 Å². The highest BCUT2D eigenvalue weighted by Crippen LogP contribution is 2.34. The summed E-state index contributed by atoms with van der Waals surface area (Å²) in [4.78, 5) is 11.0. The molecular weight excluding hydrogens is 271 g/mol. The molecule has 1 atom stereocenters. The summed E-state index contributed by atoms with van der Waals surface area (Å²) >= 11 is 5.67. The zero-order chi connectivity index (χ0) is 13.3. The van der Waals surface area contributed by atoms with Gasteiger partial charge in [-0.1, -0.05) is 11.6 Å². The van der Waals surface area contributed by atoms with Crippen molar-refractivity contribution in [2.45, 2.75) is 18.6 Å². The fourth-order valence-corrected chi connectivity index (χ4v) is 2.00. The van der Waals surface area contributed by atoms with Crippen LogP contribution < -0.4 is 5.32 Å². The molecule has 1 aliphatic rings. The van der Waals surface area contributed by atoms with Crippen LogP contribution >= 0.6 is 11.6 Å². The summed E-state index contributed by atoms with van der Waals surface area (Å²) in [6.07, 6.45) is -4.70. The summed E-state index contributed by atoms with van der Waals surface area (Å²) in [7, 11) is 0. The Labute approximate surface area is 106 Å². The molecular formula is C11H9ClF3NO2. The number of alkyl carbamates (subject to hydrolysis) is 1. The van der Waals surface area contributed by atoms with Crippen LogP contribution in [-0.2, 0) is 10.9 Å². The molecule has 0 bridgehead atoms. The summed E-state index contributed by atoms with van der Waals surface area (Å²) < 4.78 is 42.5. The van der Waals surface area contributed by atoms with E-state index in [0.717, 1.165) is 12.1 Å². The van der Waals surface area contributed by atoms with Gasteiger partial charge >= 0.3 is 12.3 Å². The van der Waals surface area contributed by atoms with Crippen LogP contribution in [0, 0.1) is 0 Å². The second-order valence-corrected chi connectivity index (χ2v) is 4.33. The molecule has 0 aliphatic carbocycles. The molecule has 3 nitrogen and oxygen atoms in total. The van der Waals surface area contributed by atoms with Crippen molar-refractivity contribution in [3.05, 3.63) is 34.3 Å². The van der Waals surface area contributed by atoms with Gasteiger partial charge in [0.2, 0.25) is 0 Å². The van der Waals surface area contributed by atoms with Gasteiger partial charge in [0.15, 0.2) is 0 Å². The number of nitrogens with one attached hydrogen (secondary N) is 1. The van der Waals surface area contributed by atoms with Crippen LogP contribution in [0.3, 0.4) is 0 Å². The molecule has 1 amide bonds. The molecule has 1 aromatic carbocycles. The minimum Gasteiger partial charge on any atom is -0.449 e. The lowest BCUT2D eigenvalue weighted by Crippen LogP contribution is -2.35. The number of ether oxygens (including phenoxy) is 1. The SMILES string of the molecule is O=C1N[C@H](c2cc(Cl)cc(C(F)(F)F)c2)CCO1. The van der Waals surface area contributed by atoms with Crippen molar-refractivity contribution in [1.82, 2.24) is 5.32 Å². The normalized spacial score (nSPS) is 20.2. The number of hydrogen-bond donors (Lipinski definition) is 1. The summed E-state index contributed by atoms with van der Waals surface area (Å²) in [5.41, 5.74) is -0.503. The van der Waals surface area contributed by atoms with E-state index in [2.05, 4.69) is 10.1 Å². The van der Waals surface area contributed by atoms with Crippen molar-refractivity contribution in [2.24, 2.45) is 0 Å². The van der Waals surface area contributed by atoms with E-state index in [-0.39, 0.29) is 11.6 Å². The molecule has 1 fully saturated rings. The number of cyclic esters (lactones) is 1. The lowest BCUT2D eigenvalue weighted by atomic mass is 10.0. The van der Waals surface area contributed by atoms with E-state index < -0.39 is 23.9 Å². The summed E-state index contributed by atoms with van der Waals surface area (Å²) in [5.74, 6) is 0. The molecule has 98 valence electrons. The number of hydrogen-bond acceptors (Lipinski definition) is 2. The Bertz CT molecular complexity index is 476. The number of halogens is 4.